The van der Waals surface area contributed by atoms with E-state index in [1.54, 1.807) is 0 Å². The third-order valence-electron chi connectivity index (χ3n) is 2.73. The number of nitrogens with two attached hydrogens (primary N) is 1. The Morgan fingerprint density at radius 3 is 2.53 bits per heavy atom. The van der Waals surface area contributed by atoms with Gasteiger partial charge in [0.15, 0.2) is 0 Å². The van der Waals surface area contributed by atoms with E-state index in [0.29, 0.717) is 0 Å². The monoisotopic (exact) mass is 201 g/mol. The fourth-order valence-corrected chi connectivity index (χ4v) is 1.67. The van der Waals surface area contributed by atoms with Crippen molar-refractivity contribution in [1.82, 2.24) is 9.78 Å². The third-order valence-corrected chi connectivity index (χ3v) is 2.73. The van der Waals surface area contributed by atoms with Crippen molar-refractivity contribution in [2.75, 3.05) is 5.73 Å². The molecule has 0 aliphatic heterocycles. The number of rotatable bonds is 1. The van der Waals surface area contributed by atoms with Gasteiger partial charge in [-0.1, -0.05) is 11.6 Å². The molecule has 0 spiro atoms. The maximum absolute atomic E-state index is 5.96. The molecule has 0 saturated heterocycles. The SMILES string of the molecule is Cc1ccc(N)c(-c2cnn(C)c2C)c1. The van der Waals surface area contributed by atoms with Crippen LogP contribution in [0.15, 0.2) is 24.4 Å². The standard InChI is InChI=1S/C12H15N3/c1-8-4-5-12(13)10(6-8)11-7-14-15(3)9(11)2/h4-7H,13H2,1-3H3. The lowest BCUT2D eigenvalue weighted by molar-refractivity contribution is 0.740. The second kappa shape index (κ2) is 3.42. The highest BCUT2D eigenvalue weighted by Gasteiger charge is 2.09. The van der Waals surface area contributed by atoms with Crippen LogP contribution >= 0.6 is 0 Å². The number of nitrogens with zero attached hydrogens (tertiary/aromatic N) is 2. The van der Waals surface area contributed by atoms with Crippen molar-refractivity contribution in [3.05, 3.63) is 35.7 Å². The minimum Gasteiger partial charge on any atom is -0.398 e. The molecule has 0 unspecified atom stereocenters. The van der Waals surface area contributed by atoms with Gasteiger partial charge in [-0.15, -0.1) is 0 Å². The van der Waals surface area contributed by atoms with Crippen LogP contribution in [0.1, 0.15) is 11.3 Å². The maximum Gasteiger partial charge on any atom is 0.0571 e. The summed E-state index contributed by atoms with van der Waals surface area (Å²) in [6.07, 6.45) is 1.86. The van der Waals surface area contributed by atoms with Crippen molar-refractivity contribution < 1.29 is 0 Å². The van der Waals surface area contributed by atoms with Crippen LogP contribution in [0.25, 0.3) is 11.1 Å². The molecule has 0 radical (unpaired) electrons. The Morgan fingerprint density at radius 2 is 1.93 bits per heavy atom. The van der Waals surface area contributed by atoms with Gasteiger partial charge in [-0.25, -0.2) is 0 Å². The Kier molecular flexibility index (Phi) is 2.23. The fourth-order valence-electron chi connectivity index (χ4n) is 1.67. The molecule has 0 aliphatic carbocycles. The average Bonchev–Trinajstić information content (AvgIpc) is 2.52. The molecule has 1 aromatic heterocycles. The molecule has 78 valence electrons. The predicted molar refractivity (Wildman–Crippen MR) is 62.5 cm³/mol. The number of benzene rings is 1. The molecule has 3 nitrogen and oxygen atoms in total. The van der Waals surface area contributed by atoms with E-state index < -0.39 is 0 Å². The summed E-state index contributed by atoms with van der Waals surface area (Å²) in [4.78, 5) is 0. The van der Waals surface area contributed by atoms with Crippen LogP contribution in [0.4, 0.5) is 5.69 Å². The van der Waals surface area contributed by atoms with E-state index in [1.807, 2.05) is 37.0 Å². The summed E-state index contributed by atoms with van der Waals surface area (Å²) in [5.74, 6) is 0. The summed E-state index contributed by atoms with van der Waals surface area (Å²) in [5, 5.41) is 4.22. The number of aromatic nitrogens is 2. The summed E-state index contributed by atoms with van der Waals surface area (Å²) >= 11 is 0. The Morgan fingerprint density at radius 1 is 1.20 bits per heavy atom. The third kappa shape index (κ3) is 1.61. The molecule has 1 heterocycles. The smallest absolute Gasteiger partial charge is 0.0571 e. The molecule has 0 atom stereocenters. The Labute approximate surface area is 89.5 Å². The zero-order valence-corrected chi connectivity index (χ0v) is 9.28. The van der Waals surface area contributed by atoms with Gasteiger partial charge in [0, 0.05) is 29.6 Å². The molecule has 1 aromatic carbocycles. The minimum absolute atomic E-state index is 0.803. The van der Waals surface area contributed by atoms with Gasteiger partial charge >= 0.3 is 0 Å². The van der Waals surface area contributed by atoms with Gasteiger partial charge in [0.1, 0.15) is 0 Å². The van der Waals surface area contributed by atoms with E-state index in [9.17, 15) is 0 Å². The highest BCUT2D eigenvalue weighted by Crippen LogP contribution is 2.28. The minimum atomic E-state index is 0.803. The first kappa shape index (κ1) is 9.77. The van der Waals surface area contributed by atoms with Crippen LogP contribution in [0, 0.1) is 13.8 Å². The lowest BCUT2D eigenvalue weighted by atomic mass is 10.0. The molecule has 2 rings (SSSR count). The first-order valence-corrected chi connectivity index (χ1v) is 4.94. The lowest BCUT2D eigenvalue weighted by Gasteiger charge is -2.06. The van der Waals surface area contributed by atoms with Gasteiger partial charge in [-0.3, -0.25) is 4.68 Å². The van der Waals surface area contributed by atoms with Crippen LogP contribution in [-0.4, -0.2) is 9.78 Å². The maximum atomic E-state index is 5.96. The average molecular weight is 201 g/mol. The topological polar surface area (TPSA) is 43.8 Å². The van der Waals surface area contributed by atoms with E-state index in [4.69, 9.17) is 5.73 Å². The Balaban J connectivity index is 2.63. The number of aryl methyl sites for hydroxylation is 2. The zero-order chi connectivity index (χ0) is 11.0. The zero-order valence-electron chi connectivity index (χ0n) is 9.28. The molecular formula is C12H15N3. The quantitative estimate of drug-likeness (QED) is 0.719. The van der Waals surface area contributed by atoms with E-state index in [1.165, 1.54) is 5.56 Å². The molecule has 0 amide bonds. The van der Waals surface area contributed by atoms with Gasteiger partial charge < -0.3 is 5.73 Å². The highest BCUT2D eigenvalue weighted by atomic mass is 15.3. The molecule has 0 saturated carbocycles. The van der Waals surface area contributed by atoms with Crippen LogP contribution < -0.4 is 5.73 Å². The van der Waals surface area contributed by atoms with Gasteiger partial charge in [0.2, 0.25) is 0 Å². The Hall–Kier alpha value is -1.77. The predicted octanol–water partition coefficient (Wildman–Crippen LogP) is 2.29. The second-order valence-electron chi connectivity index (χ2n) is 3.86. The molecule has 15 heavy (non-hydrogen) atoms. The second-order valence-corrected chi connectivity index (χ2v) is 3.86. The molecular weight excluding hydrogens is 186 g/mol. The first-order chi connectivity index (χ1) is 7.09. The number of anilines is 1. The van der Waals surface area contributed by atoms with E-state index in [0.717, 1.165) is 22.5 Å². The van der Waals surface area contributed by atoms with Crippen LogP contribution in [0.2, 0.25) is 0 Å². The van der Waals surface area contributed by atoms with Crippen LogP contribution in [-0.2, 0) is 7.05 Å². The van der Waals surface area contributed by atoms with Gasteiger partial charge in [-0.05, 0) is 26.0 Å². The van der Waals surface area contributed by atoms with E-state index >= 15 is 0 Å². The summed E-state index contributed by atoms with van der Waals surface area (Å²) < 4.78 is 1.86. The molecule has 3 heteroatoms. The summed E-state index contributed by atoms with van der Waals surface area (Å²) in [6.45, 7) is 4.11. The number of hydrogen-bond donors (Lipinski definition) is 1. The van der Waals surface area contributed by atoms with Gasteiger partial charge in [-0.2, -0.15) is 5.10 Å². The van der Waals surface area contributed by atoms with Crippen molar-refractivity contribution in [2.24, 2.45) is 7.05 Å². The number of hydrogen-bond acceptors (Lipinski definition) is 2. The largest absolute Gasteiger partial charge is 0.398 e. The summed E-state index contributed by atoms with van der Waals surface area (Å²) in [5.41, 5.74) is 11.3. The van der Waals surface area contributed by atoms with Crippen molar-refractivity contribution in [2.45, 2.75) is 13.8 Å². The first-order valence-electron chi connectivity index (χ1n) is 4.94. The highest BCUT2D eigenvalue weighted by molar-refractivity contribution is 5.77. The normalized spacial score (nSPS) is 10.6. The molecule has 0 bridgehead atoms. The van der Waals surface area contributed by atoms with Crippen molar-refractivity contribution in [1.29, 1.82) is 0 Å². The van der Waals surface area contributed by atoms with Crippen LogP contribution in [0.3, 0.4) is 0 Å². The lowest BCUT2D eigenvalue weighted by Crippen LogP contribution is -1.94. The van der Waals surface area contributed by atoms with E-state index in [-0.39, 0.29) is 0 Å². The Bertz CT molecular complexity index is 498. The molecule has 0 aliphatic rings. The summed E-state index contributed by atoms with van der Waals surface area (Å²) in [7, 11) is 1.94. The number of nitrogen functional groups attached to an aromatic ring is 1. The molecule has 0 fully saturated rings. The molecule has 2 N–H and O–H groups in total. The van der Waals surface area contributed by atoms with Crippen LogP contribution in [0.5, 0.6) is 0 Å². The van der Waals surface area contributed by atoms with Gasteiger partial charge in [0.05, 0.1) is 6.20 Å². The summed E-state index contributed by atoms with van der Waals surface area (Å²) in [6, 6.07) is 6.06. The van der Waals surface area contributed by atoms with Gasteiger partial charge in [0.25, 0.3) is 0 Å². The fraction of sp³-hybridized carbons (Fsp3) is 0.250. The molecule has 2 aromatic rings. The van der Waals surface area contributed by atoms with Crippen molar-refractivity contribution >= 4 is 5.69 Å². The van der Waals surface area contributed by atoms with E-state index in [2.05, 4.69) is 18.1 Å². The van der Waals surface area contributed by atoms with Crippen molar-refractivity contribution in [3.8, 4) is 11.1 Å². The van der Waals surface area contributed by atoms with Crippen molar-refractivity contribution in [3.63, 3.8) is 0 Å².